The topological polar surface area (TPSA) is 16.4 Å². The molecule has 0 aliphatic rings. The van der Waals surface area contributed by atoms with Crippen LogP contribution in [0.15, 0.2) is 94.7 Å². The minimum absolute atomic E-state index is 0.507. The predicted molar refractivity (Wildman–Crippen MR) is 134 cm³/mol. The Kier molecular flexibility index (Phi) is 4.43. The standard InChI is InChI=1S/C26H15Cl2NOS/c27-19-10-6-11-20(25(19)28)29(22-15-31-24-14-4-2-8-18(22)24)21-12-5-9-17-16-7-1-3-13-23(16)30-26(17)21/h1-15H. The molecular weight excluding hydrogens is 445 g/mol. The van der Waals surface area contributed by atoms with Crippen molar-refractivity contribution in [1.82, 2.24) is 0 Å². The summed E-state index contributed by atoms with van der Waals surface area (Å²) in [5.41, 5.74) is 4.44. The lowest BCUT2D eigenvalue weighted by atomic mass is 10.1. The third kappa shape index (κ3) is 2.93. The zero-order valence-corrected chi connectivity index (χ0v) is 18.5. The number of para-hydroxylation sites is 2. The maximum Gasteiger partial charge on any atom is 0.159 e. The van der Waals surface area contributed by atoms with Crippen molar-refractivity contribution in [2.75, 3.05) is 4.90 Å². The molecule has 0 bridgehead atoms. The van der Waals surface area contributed by atoms with Crippen LogP contribution in [0.5, 0.6) is 0 Å². The molecule has 0 amide bonds. The van der Waals surface area contributed by atoms with E-state index in [1.165, 1.54) is 4.70 Å². The molecule has 0 aliphatic carbocycles. The van der Waals surface area contributed by atoms with Crippen LogP contribution >= 0.6 is 34.5 Å². The first-order valence-corrected chi connectivity index (χ1v) is 11.5. The van der Waals surface area contributed by atoms with Gasteiger partial charge in [0.1, 0.15) is 5.58 Å². The Bertz CT molecular complexity index is 1580. The maximum atomic E-state index is 6.74. The first-order valence-electron chi connectivity index (χ1n) is 9.83. The van der Waals surface area contributed by atoms with Crippen molar-refractivity contribution in [3.05, 3.63) is 100 Å². The van der Waals surface area contributed by atoms with Gasteiger partial charge in [-0.25, -0.2) is 0 Å². The molecule has 0 saturated carbocycles. The Morgan fingerprint density at radius 2 is 1.35 bits per heavy atom. The van der Waals surface area contributed by atoms with Crippen molar-refractivity contribution in [3.8, 4) is 0 Å². The zero-order valence-electron chi connectivity index (χ0n) is 16.2. The Labute approximate surface area is 192 Å². The Morgan fingerprint density at radius 1 is 0.645 bits per heavy atom. The minimum atomic E-state index is 0.507. The summed E-state index contributed by atoms with van der Waals surface area (Å²) in [7, 11) is 0. The van der Waals surface area contributed by atoms with Gasteiger partial charge in [0.15, 0.2) is 5.58 Å². The molecule has 0 unspecified atom stereocenters. The van der Waals surface area contributed by atoms with Crippen LogP contribution in [0.1, 0.15) is 0 Å². The van der Waals surface area contributed by atoms with Gasteiger partial charge in [-0.3, -0.25) is 0 Å². The largest absolute Gasteiger partial charge is 0.454 e. The van der Waals surface area contributed by atoms with E-state index in [0.717, 1.165) is 44.4 Å². The number of hydrogen-bond acceptors (Lipinski definition) is 3. The number of rotatable bonds is 3. The van der Waals surface area contributed by atoms with Crippen molar-refractivity contribution in [3.63, 3.8) is 0 Å². The fourth-order valence-corrected chi connectivity index (χ4v) is 5.41. The normalized spacial score (nSPS) is 11.5. The zero-order chi connectivity index (χ0) is 20.9. The highest BCUT2D eigenvalue weighted by molar-refractivity contribution is 7.17. The summed E-state index contributed by atoms with van der Waals surface area (Å²) in [4.78, 5) is 2.15. The van der Waals surface area contributed by atoms with E-state index in [-0.39, 0.29) is 0 Å². The van der Waals surface area contributed by atoms with Gasteiger partial charge in [0.25, 0.3) is 0 Å². The molecule has 31 heavy (non-hydrogen) atoms. The number of nitrogens with zero attached hydrogens (tertiary/aromatic N) is 1. The first kappa shape index (κ1) is 18.8. The Morgan fingerprint density at radius 3 is 2.26 bits per heavy atom. The molecule has 0 N–H and O–H groups in total. The van der Waals surface area contributed by atoms with Gasteiger partial charge in [-0.15, -0.1) is 11.3 Å². The lowest BCUT2D eigenvalue weighted by Gasteiger charge is -2.26. The average Bonchev–Trinajstić information content (AvgIpc) is 3.39. The van der Waals surface area contributed by atoms with Crippen LogP contribution in [-0.4, -0.2) is 0 Å². The number of anilines is 3. The van der Waals surface area contributed by atoms with Crippen LogP contribution in [-0.2, 0) is 0 Å². The second kappa shape index (κ2) is 7.31. The highest BCUT2D eigenvalue weighted by atomic mass is 35.5. The van der Waals surface area contributed by atoms with E-state index in [4.69, 9.17) is 27.6 Å². The van der Waals surface area contributed by atoms with E-state index < -0.39 is 0 Å². The van der Waals surface area contributed by atoms with Crippen LogP contribution < -0.4 is 4.90 Å². The monoisotopic (exact) mass is 459 g/mol. The van der Waals surface area contributed by atoms with Crippen LogP contribution in [0.2, 0.25) is 10.0 Å². The molecule has 5 heteroatoms. The van der Waals surface area contributed by atoms with Gasteiger partial charge in [0.05, 0.1) is 27.1 Å². The fourth-order valence-electron chi connectivity index (χ4n) is 4.10. The van der Waals surface area contributed by atoms with Gasteiger partial charge in [0, 0.05) is 26.2 Å². The molecule has 0 radical (unpaired) electrons. The Balaban J connectivity index is 1.72. The van der Waals surface area contributed by atoms with Gasteiger partial charge >= 0.3 is 0 Å². The van der Waals surface area contributed by atoms with Crippen molar-refractivity contribution >= 4 is 83.6 Å². The molecule has 2 nitrogen and oxygen atoms in total. The summed E-state index contributed by atoms with van der Waals surface area (Å²) >= 11 is 14.9. The predicted octanol–water partition coefficient (Wildman–Crippen LogP) is 9.58. The van der Waals surface area contributed by atoms with Gasteiger partial charge in [-0.2, -0.15) is 0 Å². The second-order valence-electron chi connectivity index (χ2n) is 7.28. The molecule has 2 heterocycles. The van der Waals surface area contributed by atoms with Crippen LogP contribution in [0.4, 0.5) is 17.1 Å². The number of halogens is 2. The van der Waals surface area contributed by atoms with Crippen molar-refractivity contribution in [2.24, 2.45) is 0 Å². The maximum absolute atomic E-state index is 6.74. The van der Waals surface area contributed by atoms with E-state index in [9.17, 15) is 0 Å². The van der Waals surface area contributed by atoms with Crippen molar-refractivity contribution in [2.45, 2.75) is 0 Å². The van der Waals surface area contributed by atoms with Crippen LogP contribution in [0.25, 0.3) is 32.0 Å². The number of thiophene rings is 1. The molecular formula is C26H15Cl2NOS. The summed E-state index contributed by atoms with van der Waals surface area (Å²) in [5, 5.41) is 6.48. The smallest absolute Gasteiger partial charge is 0.159 e. The number of hydrogen-bond donors (Lipinski definition) is 0. The second-order valence-corrected chi connectivity index (χ2v) is 8.97. The molecule has 0 aliphatic heterocycles. The molecule has 0 saturated heterocycles. The molecule has 6 aromatic rings. The number of furan rings is 1. The Hall–Kier alpha value is -2.98. The van der Waals surface area contributed by atoms with Crippen molar-refractivity contribution < 1.29 is 4.42 Å². The lowest BCUT2D eigenvalue weighted by molar-refractivity contribution is 0.669. The quantitative estimate of drug-likeness (QED) is 0.261. The molecule has 2 aromatic heterocycles. The van der Waals surface area contributed by atoms with E-state index in [2.05, 4.69) is 58.8 Å². The van der Waals surface area contributed by atoms with E-state index in [1.54, 1.807) is 17.4 Å². The summed E-state index contributed by atoms with van der Waals surface area (Å²) in [6.07, 6.45) is 0. The third-order valence-electron chi connectivity index (χ3n) is 5.50. The van der Waals surface area contributed by atoms with E-state index >= 15 is 0 Å². The first-order chi connectivity index (χ1) is 15.2. The SMILES string of the molecule is Clc1cccc(N(c2csc3ccccc23)c2cccc3c2oc2ccccc23)c1Cl. The number of fused-ring (bicyclic) bond motifs is 4. The van der Waals surface area contributed by atoms with E-state index in [0.29, 0.717) is 10.0 Å². The molecule has 0 spiro atoms. The molecule has 0 atom stereocenters. The van der Waals surface area contributed by atoms with Gasteiger partial charge < -0.3 is 9.32 Å². The summed E-state index contributed by atoms with van der Waals surface area (Å²) in [6, 6.07) is 28.4. The van der Waals surface area contributed by atoms with Gasteiger partial charge in [-0.05, 0) is 30.3 Å². The molecule has 6 rings (SSSR count). The van der Waals surface area contributed by atoms with Crippen molar-refractivity contribution in [1.29, 1.82) is 0 Å². The summed E-state index contributed by atoms with van der Waals surface area (Å²) < 4.78 is 7.56. The molecule has 150 valence electrons. The average molecular weight is 460 g/mol. The fraction of sp³-hybridized carbons (Fsp3) is 0. The minimum Gasteiger partial charge on any atom is -0.454 e. The number of benzene rings is 4. The molecule has 4 aromatic carbocycles. The third-order valence-corrected chi connectivity index (χ3v) is 7.26. The summed E-state index contributed by atoms with van der Waals surface area (Å²) in [6.45, 7) is 0. The van der Waals surface area contributed by atoms with Crippen LogP contribution in [0, 0.1) is 0 Å². The summed E-state index contributed by atoms with van der Waals surface area (Å²) in [5.74, 6) is 0. The van der Waals surface area contributed by atoms with Gasteiger partial charge in [-0.1, -0.05) is 77.8 Å². The highest BCUT2D eigenvalue weighted by Crippen LogP contribution is 2.48. The van der Waals surface area contributed by atoms with E-state index in [1.807, 2.05) is 30.3 Å². The van der Waals surface area contributed by atoms with Gasteiger partial charge in [0.2, 0.25) is 0 Å². The molecule has 0 fully saturated rings. The highest BCUT2D eigenvalue weighted by Gasteiger charge is 2.23. The lowest BCUT2D eigenvalue weighted by Crippen LogP contribution is -2.10. The van der Waals surface area contributed by atoms with Crippen LogP contribution in [0.3, 0.4) is 0 Å².